The molecule has 0 bridgehead atoms. The van der Waals surface area contributed by atoms with E-state index in [4.69, 9.17) is 18.9 Å². The van der Waals surface area contributed by atoms with E-state index in [1.807, 2.05) is 43.3 Å². The van der Waals surface area contributed by atoms with Crippen LogP contribution >= 0.6 is 0 Å². The Morgan fingerprint density at radius 1 is 0.854 bits per heavy atom. The van der Waals surface area contributed by atoms with E-state index in [0.29, 0.717) is 28.5 Å². The van der Waals surface area contributed by atoms with Crippen molar-refractivity contribution >= 4 is 5.78 Å². The molecular formula is C31H29N3O7. The quantitative estimate of drug-likeness (QED) is 0.330. The van der Waals surface area contributed by atoms with Crippen LogP contribution in [-0.2, 0) is 6.54 Å². The highest BCUT2D eigenvalue weighted by Gasteiger charge is 2.39. The molecule has 210 valence electrons. The van der Waals surface area contributed by atoms with Crippen LogP contribution in [0.15, 0.2) is 81.9 Å². The molecule has 6 rings (SSSR count). The molecule has 2 unspecified atom stereocenters. The lowest BCUT2D eigenvalue weighted by Crippen LogP contribution is -2.35. The van der Waals surface area contributed by atoms with Crippen molar-refractivity contribution in [3.63, 3.8) is 0 Å². The normalized spacial score (nSPS) is 17.7. The summed E-state index contributed by atoms with van der Waals surface area (Å²) in [5.41, 5.74) is 1.86. The second-order valence-corrected chi connectivity index (χ2v) is 10.0. The van der Waals surface area contributed by atoms with Crippen LogP contribution in [0.5, 0.6) is 23.0 Å². The summed E-state index contributed by atoms with van der Waals surface area (Å²) in [4.78, 5) is 41.1. The van der Waals surface area contributed by atoms with Gasteiger partial charge in [-0.3, -0.25) is 4.79 Å². The molecule has 10 heteroatoms. The molecule has 0 aliphatic carbocycles. The number of rotatable bonds is 6. The van der Waals surface area contributed by atoms with Crippen molar-refractivity contribution in [1.82, 2.24) is 13.9 Å². The zero-order chi connectivity index (χ0) is 28.8. The number of para-hydroxylation sites is 1. The van der Waals surface area contributed by atoms with Crippen LogP contribution in [-0.4, -0.2) is 41.0 Å². The van der Waals surface area contributed by atoms with Crippen LogP contribution in [0.4, 0.5) is 0 Å². The summed E-state index contributed by atoms with van der Waals surface area (Å²) in [6, 6.07) is 16.9. The zero-order valence-electron chi connectivity index (χ0n) is 23.1. The standard InChI is InChI=1S/C31H29N3O7/c1-18-14-22(34-31(37)33(30(36)32(34)17-18)20-8-6-5-7-9-20)27-25(39-3)16-26(40-4)28-23(35)15-24(41-29(27)28)19-10-12-21(38-2)13-11-19/h5-14,16,22,24H,15,17H2,1-4H3. The first-order valence-corrected chi connectivity index (χ1v) is 13.2. The topological polar surface area (TPSA) is 103 Å². The summed E-state index contributed by atoms with van der Waals surface area (Å²) >= 11 is 0. The summed E-state index contributed by atoms with van der Waals surface area (Å²) in [7, 11) is 4.56. The molecule has 2 aliphatic rings. The van der Waals surface area contributed by atoms with Gasteiger partial charge in [-0.25, -0.2) is 23.5 Å². The number of aromatic nitrogens is 3. The number of ketones is 1. The number of nitrogens with zero attached hydrogens (tertiary/aromatic N) is 3. The van der Waals surface area contributed by atoms with Gasteiger partial charge in [0.15, 0.2) is 5.78 Å². The molecule has 1 aromatic heterocycles. The second kappa shape index (κ2) is 10.2. The Morgan fingerprint density at radius 2 is 1.56 bits per heavy atom. The Balaban J connectivity index is 1.58. The lowest BCUT2D eigenvalue weighted by atomic mass is 9.90. The van der Waals surface area contributed by atoms with Gasteiger partial charge >= 0.3 is 11.4 Å². The van der Waals surface area contributed by atoms with E-state index in [0.717, 1.165) is 15.7 Å². The van der Waals surface area contributed by atoms with E-state index in [9.17, 15) is 14.4 Å². The van der Waals surface area contributed by atoms with Crippen LogP contribution in [0, 0.1) is 0 Å². The van der Waals surface area contributed by atoms with Crippen molar-refractivity contribution in [3.8, 4) is 28.7 Å². The van der Waals surface area contributed by atoms with Gasteiger partial charge in [0.1, 0.15) is 40.7 Å². The third kappa shape index (κ3) is 4.23. The molecule has 0 radical (unpaired) electrons. The fourth-order valence-corrected chi connectivity index (χ4v) is 5.62. The Morgan fingerprint density at radius 3 is 2.22 bits per heavy atom. The average Bonchev–Trinajstić information content (AvgIpc) is 3.24. The van der Waals surface area contributed by atoms with Gasteiger partial charge in [-0.2, -0.15) is 0 Å². The Hall–Kier alpha value is -4.99. The number of fused-ring (bicyclic) bond motifs is 2. The smallest absolute Gasteiger partial charge is 0.352 e. The predicted octanol–water partition coefficient (Wildman–Crippen LogP) is 4.08. The monoisotopic (exact) mass is 555 g/mol. The molecule has 10 nitrogen and oxygen atoms in total. The highest BCUT2D eigenvalue weighted by Crippen LogP contribution is 2.49. The molecule has 0 saturated carbocycles. The molecule has 3 heterocycles. The fraction of sp³-hybridized carbons (Fsp3) is 0.258. The fourth-order valence-electron chi connectivity index (χ4n) is 5.62. The largest absolute Gasteiger partial charge is 0.497 e. The molecule has 4 aromatic rings. The van der Waals surface area contributed by atoms with Crippen molar-refractivity contribution in [1.29, 1.82) is 0 Å². The van der Waals surface area contributed by atoms with E-state index >= 15 is 0 Å². The number of methoxy groups -OCH3 is 3. The highest BCUT2D eigenvalue weighted by molar-refractivity contribution is 6.03. The summed E-state index contributed by atoms with van der Waals surface area (Å²) in [6.07, 6.45) is 1.39. The van der Waals surface area contributed by atoms with E-state index in [1.54, 1.807) is 37.4 Å². The minimum absolute atomic E-state index is 0.0933. The molecule has 0 N–H and O–H groups in total. The van der Waals surface area contributed by atoms with Gasteiger partial charge in [0.25, 0.3) is 0 Å². The van der Waals surface area contributed by atoms with Crippen LogP contribution in [0.3, 0.4) is 0 Å². The van der Waals surface area contributed by atoms with Crippen molar-refractivity contribution in [2.75, 3.05) is 21.3 Å². The van der Waals surface area contributed by atoms with E-state index in [1.165, 1.54) is 23.6 Å². The average molecular weight is 556 g/mol. The molecule has 0 spiro atoms. The van der Waals surface area contributed by atoms with Gasteiger partial charge in [0, 0.05) is 6.07 Å². The van der Waals surface area contributed by atoms with Crippen LogP contribution in [0.2, 0.25) is 0 Å². The zero-order valence-corrected chi connectivity index (χ0v) is 23.1. The van der Waals surface area contributed by atoms with Crippen LogP contribution in [0.25, 0.3) is 5.69 Å². The molecule has 2 atom stereocenters. The third-order valence-corrected chi connectivity index (χ3v) is 7.56. The predicted molar refractivity (Wildman–Crippen MR) is 151 cm³/mol. The number of hydrogen-bond acceptors (Lipinski definition) is 7. The minimum Gasteiger partial charge on any atom is -0.497 e. The van der Waals surface area contributed by atoms with Crippen LogP contribution < -0.4 is 30.3 Å². The van der Waals surface area contributed by atoms with Gasteiger partial charge < -0.3 is 18.9 Å². The number of Topliss-reactive ketones (excluding diaryl/α,β-unsaturated/α-hetero) is 1. The molecule has 3 aromatic carbocycles. The highest BCUT2D eigenvalue weighted by atomic mass is 16.5. The first-order chi connectivity index (χ1) is 19.9. The number of carbonyl (C=O) groups is 1. The van der Waals surface area contributed by atoms with Crippen molar-refractivity contribution in [2.45, 2.75) is 32.0 Å². The van der Waals surface area contributed by atoms with Gasteiger partial charge in [0.2, 0.25) is 0 Å². The molecule has 2 aliphatic heterocycles. The first-order valence-electron chi connectivity index (χ1n) is 13.2. The molecule has 0 fully saturated rings. The number of carbonyl (C=O) groups excluding carboxylic acids is 1. The Kier molecular flexibility index (Phi) is 6.53. The number of ether oxygens (including phenoxy) is 4. The van der Waals surface area contributed by atoms with Crippen molar-refractivity contribution in [2.24, 2.45) is 0 Å². The van der Waals surface area contributed by atoms with Crippen LogP contribution in [0.1, 0.15) is 47.0 Å². The maximum Gasteiger partial charge on any atom is 0.352 e. The summed E-state index contributed by atoms with van der Waals surface area (Å²) in [5, 5.41) is 0. The van der Waals surface area contributed by atoms with Gasteiger partial charge in [-0.15, -0.1) is 0 Å². The van der Waals surface area contributed by atoms with Crippen molar-refractivity contribution < 1.29 is 23.7 Å². The third-order valence-electron chi connectivity index (χ3n) is 7.56. The van der Waals surface area contributed by atoms with E-state index in [-0.39, 0.29) is 30.1 Å². The minimum atomic E-state index is -0.800. The number of benzene rings is 3. The molecular weight excluding hydrogens is 526 g/mol. The van der Waals surface area contributed by atoms with Crippen molar-refractivity contribution in [3.05, 3.63) is 110 Å². The van der Waals surface area contributed by atoms with Gasteiger partial charge in [-0.05, 0) is 36.8 Å². The van der Waals surface area contributed by atoms with Gasteiger partial charge in [-0.1, -0.05) is 42.0 Å². The molecule has 0 saturated heterocycles. The lowest BCUT2D eigenvalue weighted by molar-refractivity contribution is 0.0840. The lowest BCUT2D eigenvalue weighted by Gasteiger charge is -2.32. The maximum atomic E-state index is 13.9. The maximum absolute atomic E-state index is 13.9. The summed E-state index contributed by atoms with van der Waals surface area (Å²) < 4.78 is 27.2. The molecule has 41 heavy (non-hydrogen) atoms. The number of allylic oxidation sites excluding steroid dienone is 2. The second-order valence-electron chi connectivity index (χ2n) is 10.0. The van der Waals surface area contributed by atoms with Gasteiger partial charge in [0.05, 0.1) is 45.5 Å². The number of hydrogen-bond donors (Lipinski definition) is 0. The SMILES string of the molecule is COc1ccc(C2CC(=O)c3c(OC)cc(OC)c(C4C=C(C)Cn5c(=O)n(-c6ccccc6)c(=O)n54)c3O2)cc1. The Labute approximate surface area is 235 Å². The first kappa shape index (κ1) is 26.2. The van der Waals surface area contributed by atoms with E-state index < -0.39 is 23.5 Å². The summed E-state index contributed by atoms with van der Waals surface area (Å²) in [6.45, 7) is 2.13. The summed E-state index contributed by atoms with van der Waals surface area (Å²) in [5.74, 6) is 1.44. The molecule has 0 amide bonds. The Bertz CT molecular complexity index is 1800. The van der Waals surface area contributed by atoms with E-state index in [2.05, 4.69) is 0 Å².